The van der Waals surface area contributed by atoms with Gasteiger partial charge in [-0.25, -0.2) is 8.42 Å². The van der Waals surface area contributed by atoms with Crippen molar-refractivity contribution < 1.29 is 17.9 Å². The summed E-state index contributed by atoms with van der Waals surface area (Å²) in [6.07, 6.45) is 0.703. The van der Waals surface area contributed by atoms with Crippen molar-refractivity contribution >= 4 is 15.9 Å². The van der Waals surface area contributed by atoms with Crippen LogP contribution in [0, 0.1) is 6.92 Å². The second-order valence-corrected chi connectivity index (χ2v) is 8.71. The standard InChI is InChI=1S/C22H30N2O4S/c1-6-21(17-10-12-18(28-5)13-11-17)23-22(25)20-15-19(14-9-16(20)4)29(26,27)24(7-2)8-3/h9-15,21H,6-8H2,1-5H3,(H,23,25). The smallest absolute Gasteiger partial charge is 0.252 e. The lowest BCUT2D eigenvalue weighted by molar-refractivity contribution is 0.0934. The van der Waals surface area contributed by atoms with Crippen molar-refractivity contribution in [2.45, 2.75) is 45.1 Å². The summed E-state index contributed by atoms with van der Waals surface area (Å²) in [6, 6.07) is 12.1. The Kier molecular flexibility index (Phi) is 7.81. The molecule has 1 amide bonds. The topological polar surface area (TPSA) is 75.7 Å². The molecule has 0 aliphatic carbocycles. The van der Waals surface area contributed by atoms with E-state index in [2.05, 4.69) is 5.32 Å². The lowest BCUT2D eigenvalue weighted by Gasteiger charge is -2.21. The Morgan fingerprint density at radius 2 is 1.69 bits per heavy atom. The van der Waals surface area contributed by atoms with Gasteiger partial charge in [0.05, 0.1) is 18.0 Å². The van der Waals surface area contributed by atoms with E-state index < -0.39 is 10.0 Å². The molecule has 29 heavy (non-hydrogen) atoms. The van der Waals surface area contributed by atoms with Gasteiger partial charge in [0.2, 0.25) is 10.0 Å². The molecule has 158 valence electrons. The fourth-order valence-corrected chi connectivity index (χ4v) is 4.70. The highest BCUT2D eigenvalue weighted by molar-refractivity contribution is 7.89. The second kappa shape index (κ2) is 9.89. The van der Waals surface area contributed by atoms with Crippen LogP contribution in [-0.4, -0.2) is 38.8 Å². The Labute approximate surface area is 173 Å². The molecule has 0 radical (unpaired) electrons. The van der Waals surface area contributed by atoms with Crippen LogP contribution in [0.2, 0.25) is 0 Å². The summed E-state index contributed by atoms with van der Waals surface area (Å²) in [4.78, 5) is 13.1. The van der Waals surface area contributed by atoms with Gasteiger partial charge in [-0.3, -0.25) is 4.79 Å². The second-order valence-electron chi connectivity index (χ2n) is 6.77. The van der Waals surface area contributed by atoms with Crippen molar-refractivity contribution in [3.8, 4) is 5.75 Å². The van der Waals surface area contributed by atoms with Gasteiger partial charge < -0.3 is 10.1 Å². The third-order valence-electron chi connectivity index (χ3n) is 5.03. The van der Waals surface area contributed by atoms with E-state index in [1.807, 2.05) is 31.2 Å². The number of methoxy groups -OCH3 is 1. The molecule has 2 aromatic rings. The maximum absolute atomic E-state index is 13.0. The van der Waals surface area contributed by atoms with Gasteiger partial charge in [-0.15, -0.1) is 0 Å². The van der Waals surface area contributed by atoms with Crippen LogP contribution in [0.3, 0.4) is 0 Å². The normalized spacial score (nSPS) is 12.6. The number of carbonyl (C=O) groups excluding carboxylic acids is 1. The van der Waals surface area contributed by atoms with E-state index in [1.54, 1.807) is 40.0 Å². The van der Waals surface area contributed by atoms with Crippen molar-refractivity contribution in [2.75, 3.05) is 20.2 Å². The van der Waals surface area contributed by atoms with Crippen LogP contribution in [0.15, 0.2) is 47.4 Å². The molecule has 1 unspecified atom stereocenters. The summed E-state index contributed by atoms with van der Waals surface area (Å²) in [7, 11) is -2.02. The number of nitrogens with zero attached hydrogens (tertiary/aromatic N) is 1. The largest absolute Gasteiger partial charge is 0.497 e. The van der Waals surface area contributed by atoms with Crippen LogP contribution < -0.4 is 10.1 Å². The minimum atomic E-state index is -3.63. The van der Waals surface area contributed by atoms with Crippen LogP contribution in [0.5, 0.6) is 5.75 Å². The lowest BCUT2D eigenvalue weighted by Crippen LogP contribution is -2.31. The molecule has 0 saturated heterocycles. The number of sulfonamides is 1. The number of carbonyl (C=O) groups is 1. The van der Waals surface area contributed by atoms with E-state index in [4.69, 9.17) is 4.74 Å². The van der Waals surface area contributed by atoms with Gasteiger partial charge in [0, 0.05) is 18.7 Å². The number of nitrogens with one attached hydrogen (secondary N) is 1. The maximum Gasteiger partial charge on any atom is 0.252 e. The first-order valence-corrected chi connectivity index (χ1v) is 11.3. The summed E-state index contributed by atoms with van der Waals surface area (Å²) in [5.41, 5.74) is 2.06. The van der Waals surface area contributed by atoms with Crippen molar-refractivity contribution in [3.05, 3.63) is 59.2 Å². The van der Waals surface area contributed by atoms with Crippen LogP contribution in [0.4, 0.5) is 0 Å². The van der Waals surface area contributed by atoms with E-state index in [9.17, 15) is 13.2 Å². The fraction of sp³-hybridized carbons (Fsp3) is 0.409. The van der Waals surface area contributed by atoms with Crippen molar-refractivity contribution in [1.82, 2.24) is 9.62 Å². The summed E-state index contributed by atoms with van der Waals surface area (Å²) >= 11 is 0. The molecule has 2 aromatic carbocycles. The van der Waals surface area contributed by atoms with E-state index in [-0.39, 0.29) is 16.8 Å². The molecule has 2 rings (SSSR count). The highest BCUT2D eigenvalue weighted by Crippen LogP contribution is 2.23. The summed E-state index contributed by atoms with van der Waals surface area (Å²) in [5.74, 6) is 0.460. The van der Waals surface area contributed by atoms with Crippen molar-refractivity contribution in [2.24, 2.45) is 0 Å². The van der Waals surface area contributed by atoms with E-state index in [0.29, 0.717) is 25.1 Å². The molecule has 7 heteroatoms. The van der Waals surface area contributed by atoms with Gasteiger partial charge in [-0.2, -0.15) is 4.31 Å². The molecule has 0 fully saturated rings. The van der Waals surface area contributed by atoms with Crippen LogP contribution >= 0.6 is 0 Å². The first-order chi connectivity index (χ1) is 13.8. The molecule has 1 N–H and O–H groups in total. The lowest BCUT2D eigenvalue weighted by atomic mass is 10.0. The summed E-state index contributed by atoms with van der Waals surface area (Å²) < 4.78 is 32.2. The summed E-state index contributed by atoms with van der Waals surface area (Å²) in [6.45, 7) is 8.14. The molecule has 0 bridgehead atoms. The fourth-order valence-electron chi connectivity index (χ4n) is 3.21. The Hall–Kier alpha value is -2.38. The van der Waals surface area contributed by atoms with Gasteiger partial charge in [-0.1, -0.05) is 39.0 Å². The van der Waals surface area contributed by atoms with Gasteiger partial charge in [-0.05, 0) is 48.7 Å². The minimum absolute atomic E-state index is 0.134. The van der Waals surface area contributed by atoms with E-state index in [0.717, 1.165) is 16.9 Å². The highest BCUT2D eigenvalue weighted by Gasteiger charge is 2.24. The molecule has 0 heterocycles. The van der Waals surface area contributed by atoms with Crippen LogP contribution in [0.25, 0.3) is 0 Å². The van der Waals surface area contributed by atoms with Crippen molar-refractivity contribution in [3.63, 3.8) is 0 Å². The zero-order valence-corrected chi connectivity index (χ0v) is 18.5. The molecule has 1 atom stereocenters. The number of aryl methyl sites for hydroxylation is 1. The number of benzene rings is 2. The Morgan fingerprint density at radius 1 is 1.07 bits per heavy atom. The van der Waals surface area contributed by atoms with Gasteiger partial charge in [0.25, 0.3) is 5.91 Å². The van der Waals surface area contributed by atoms with Gasteiger partial charge >= 0.3 is 0 Å². The van der Waals surface area contributed by atoms with Gasteiger partial charge in [0.15, 0.2) is 0 Å². The maximum atomic E-state index is 13.0. The predicted octanol–water partition coefficient (Wildman–Crippen LogP) is 3.92. The molecule has 0 aliphatic rings. The predicted molar refractivity (Wildman–Crippen MR) is 115 cm³/mol. The Morgan fingerprint density at radius 3 is 2.21 bits per heavy atom. The number of amides is 1. The monoisotopic (exact) mass is 418 g/mol. The molecular weight excluding hydrogens is 388 g/mol. The number of ether oxygens (including phenoxy) is 1. The highest BCUT2D eigenvalue weighted by atomic mass is 32.2. The molecule has 6 nitrogen and oxygen atoms in total. The molecule has 0 aliphatic heterocycles. The minimum Gasteiger partial charge on any atom is -0.497 e. The zero-order valence-electron chi connectivity index (χ0n) is 17.7. The molecular formula is C22H30N2O4S. The summed E-state index contributed by atoms with van der Waals surface area (Å²) in [5, 5.41) is 3.03. The number of hydrogen-bond acceptors (Lipinski definition) is 4. The molecule has 0 spiro atoms. The Bertz CT molecular complexity index is 936. The Balaban J connectivity index is 2.31. The number of rotatable bonds is 9. The van der Waals surface area contributed by atoms with Crippen LogP contribution in [0.1, 0.15) is 54.7 Å². The average Bonchev–Trinajstić information content (AvgIpc) is 2.72. The van der Waals surface area contributed by atoms with E-state index >= 15 is 0 Å². The number of hydrogen-bond donors (Lipinski definition) is 1. The first-order valence-electron chi connectivity index (χ1n) is 9.84. The molecule has 0 aromatic heterocycles. The third kappa shape index (κ3) is 5.16. The average molecular weight is 419 g/mol. The third-order valence-corrected chi connectivity index (χ3v) is 7.07. The first kappa shape index (κ1) is 22.9. The zero-order chi connectivity index (χ0) is 21.6. The van der Waals surface area contributed by atoms with Gasteiger partial charge in [0.1, 0.15) is 5.75 Å². The van der Waals surface area contributed by atoms with Crippen LogP contribution in [-0.2, 0) is 10.0 Å². The van der Waals surface area contributed by atoms with Crippen molar-refractivity contribution in [1.29, 1.82) is 0 Å². The van der Waals surface area contributed by atoms with E-state index in [1.165, 1.54) is 10.4 Å². The SMILES string of the molecule is CCC(NC(=O)c1cc(S(=O)(=O)N(CC)CC)ccc1C)c1ccc(OC)cc1. The molecule has 0 saturated carbocycles. The quantitative estimate of drug-likeness (QED) is 0.670.